The SMILES string of the molecule is O=C(CCN1C(=O)CCCC1=O)N1CCNCC1. The van der Waals surface area contributed by atoms with Crippen LogP contribution in [-0.4, -0.2) is 60.2 Å². The summed E-state index contributed by atoms with van der Waals surface area (Å²) in [6, 6.07) is 0. The Labute approximate surface area is 106 Å². The summed E-state index contributed by atoms with van der Waals surface area (Å²) in [5, 5.41) is 3.18. The number of amides is 3. The molecule has 2 fully saturated rings. The lowest BCUT2D eigenvalue weighted by Gasteiger charge is -2.29. The molecular weight excluding hydrogens is 234 g/mol. The summed E-state index contributed by atoms with van der Waals surface area (Å²) in [6.45, 7) is 3.28. The molecule has 0 aliphatic carbocycles. The first-order valence-corrected chi connectivity index (χ1v) is 6.50. The molecule has 0 bridgehead atoms. The molecule has 100 valence electrons. The summed E-state index contributed by atoms with van der Waals surface area (Å²) < 4.78 is 0. The fraction of sp³-hybridized carbons (Fsp3) is 0.750. The topological polar surface area (TPSA) is 69.7 Å². The molecule has 0 aromatic carbocycles. The van der Waals surface area contributed by atoms with Crippen molar-refractivity contribution in [2.45, 2.75) is 25.7 Å². The van der Waals surface area contributed by atoms with E-state index in [1.54, 1.807) is 4.90 Å². The number of hydrogen-bond acceptors (Lipinski definition) is 4. The van der Waals surface area contributed by atoms with E-state index in [2.05, 4.69) is 5.32 Å². The highest BCUT2D eigenvalue weighted by atomic mass is 16.2. The van der Waals surface area contributed by atoms with Crippen molar-refractivity contribution < 1.29 is 14.4 Å². The van der Waals surface area contributed by atoms with E-state index in [0.29, 0.717) is 32.4 Å². The maximum absolute atomic E-state index is 11.9. The van der Waals surface area contributed by atoms with Gasteiger partial charge in [-0.2, -0.15) is 0 Å². The predicted octanol–water partition coefficient (Wildman–Crippen LogP) is -0.653. The number of rotatable bonds is 3. The maximum atomic E-state index is 11.9. The molecule has 2 aliphatic rings. The lowest BCUT2D eigenvalue weighted by molar-refractivity contribution is -0.148. The fourth-order valence-corrected chi connectivity index (χ4v) is 2.33. The van der Waals surface area contributed by atoms with Crippen molar-refractivity contribution in [3.05, 3.63) is 0 Å². The van der Waals surface area contributed by atoms with Crippen molar-refractivity contribution in [2.24, 2.45) is 0 Å². The largest absolute Gasteiger partial charge is 0.340 e. The lowest BCUT2D eigenvalue weighted by atomic mass is 10.1. The molecule has 2 heterocycles. The van der Waals surface area contributed by atoms with Crippen molar-refractivity contribution in [1.29, 1.82) is 0 Å². The number of carbonyl (C=O) groups is 3. The molecular formula is C12H19N3O3. The van der Waals surface area contributed by atoms with Crippen LogP contribution in [0, 0.1) is 0 Å². The van der Waals surface area contributed by atoms with Crippen molar-refractivity contribution in [3.8, 4) is 0 Å². The van der Waals surface area contributed by atoms with E-state index < -0.39 is 0 Å². The second-order valence-corrected chi connectivity index (χ2v) is 4.67. The van der Waals surface area contributed by atoms with Crippen LogP contribution in [-0.2, 0) is 14.4 Å². The smallest absolute Gasteiger partial charge is 0.229 e. The zero-order valence-electron chi connectivity index (χ0n) is 10.5. The van der Waals surface area contributed by atoms with Gasteiger partial charge in [0.05, 0.1) is 0 Å². The summed E-state index contributed by atoms with van der Waals surface area (Å²) in [7, 11) is 0. The summed E-state index contributed by atoms with van der Waals surface area (Å²) in [6.07, 6.45) is 1.73. The van der Waals surface area contributed by atoms with Gasteiger partial charge < -0.3 is 10.2 Å². The third-order valence-electron chi connectivity index (χ3n) is 3.40. The van der Waals surface area contributed by atoms with Gasteiger partial charge in [0.25, 0.3) is 0 Å². The van der Waals surface area contributed by atoms with E-state index in [9.17, 15) is 14.4 Å². The Bertz CT molecular complexity index is 334. The van der Waals surface area contributed by atoms with Crippen LogP contribution in [0.1, 0.15) is 25.7 Å². The second kappa shape index (κ2) is 5.95. The maximum Gasteiger partial charge on any atom is 0.229 e. The lowest BCUT2D eigenvalue weighted by Crippen LogP contribution is -2.48. The van der Waals surface area contributed by atoms with E-state index >= 15 is 0 Å². The molecule has 0 unspecified atom stereocenters. The Morgan fingerprint density at radius 2 is 1.72 bits per heavy atom. The molecule has 6 nitrogen and oxygen atoms in total. The zero-order chi connectivity index (χ0) is 13.0. The van der Waals surface area contributed by atoms with Gasteiger partial charge in [0.1, 0.15) is 0 Å². The molecule has 3 amide bonds. The van der Waals surface area contributed by atoms with E-state index in [1.165, 1.54) is 4.90 Å². The molecule has 2 saturated heterocycles. The first-order valence-electron chi connectivity index (χ1n) is 6.50. The average molecular weight is 253 g/mol. The third-order valence-corrected chi connectivity index (χ3v) is 3.40. The highest BCUT2D eigenvalue weighted by molar-refractivity contribution is 5.97. The molecule has 1 N–H and O–H groups in total. The van der Waals surface area contributed by atoms with Crippen LogP contribution in [0.5, 0.6) is 0 Å². The average Bonchev–Trinajstić information content (AvgIpc) is 2.39. The van der Waals surface area contributed by atoms with Crippen LogP contribution in [0.3, 0.4) is 0 Å². The number of nitrogens with one attached hydrogen (secondary N) is 1. The number of hydrogen-bond donors (Lipinski definition) is 1. The molecule has 0 radical (unpaired) electrons. The highest BCUT2D eigenvalue weighted by Crippen LogP contribution is 2.12. The van der Waals surface area contributed by atoms with Gasteiger partial charge in [0.2, 0.25) is 17.7 Å². The Morgan fingerprint density at radius 3 is 2.33 bits per heavy atom. The van der Waals surface area contributed by atoms with Crippen LogP contribution in [0.2, 0.25) is 0 Å². The summed E-state index contributed by atoms with van der Waals surface area (Å²) in [4.78, 5) is 38.1. The number of imide groups is 1. The Hall–Kier alpha value is -1.43. The number of carbonyl (C=O) groups excluding carboxylic acids is 3. The number of piperidine rings is 1. The molecule has 2 aliphatic heterocycles. The van der Waals surface area contributed by atoms with Gasteiger partial charge >= 0.3 is 0 Å². The number of nitrogens with zero attached hydrogens (tertiary/aromatic N) is 2. The van der Waals surface area contributed by atoms with Crippen LogP contribution in [0.15, 0.2) is 0 Å². The van der Waals surface area contributed by atoms with Gasteiger partial charge in [-0.25, -0.2) is 0 Å². The Balaban J connectivity index is 1.80. The van der Waals surface area contributed by atoms with Crippen molar-refractivity contribution in [2.75, 3.05) is 32.7 Å². The van der Waals surface area contributed by atoms with Crippen LogP contribution in [0.25, 0.3) is 0 Å². The van der Waals surface area contributed by atoms with Crippen LogP contribution < -0.4 is 5.32 Å². The first kappa shape index (κ1) is 13.0. The first-order chi connectivity index (χ1) is 8.68. The number of likely N-dealkylation sites (tertiary alicyclic amines) is 1. The summed E-state index contributed by atoms with van der Waals surface area (Å²) >= 11 is 0. The van der Waals surface area contributed by atoms with E-state index in [4.69, 9.17) is 0 Å². The van der Waals surface area contributed by atoms with Crippen LogP contribution >= 0.6 is 0 Å². The zero-order valence-corrected chi connectivity index (χ0v) is 10.5. The standard InChI is InChI=1S/C12H19N3O3/c16-10(14-8-5-13-6-9-14)4-7-15-11(17)2-1-3-12(15)18/h13H,1-9H2. The molecule has 0 aromatic heterocycles. The van der Waals surface area contributed by atoms with Gasteiger partial charge in [-0.1, -0.05) is 0 Å². The molecule has 0 atom stereocenters. The Morgan fingerprint density at radius 1 is 1.11 bits per heavy atom. The fourth-order valence-electron chi connectivity index (χ4n) is 2.33. The van der Waals surface area contributed by atoms with Gasteiger partial charge in [-0.05, 0) is 6.42 Å². The van der Waals surface area contributed by atoms with E-state index in [1.807, 2.05) is 0 Å². The molecule has 0 saturated carbocycles. The van der Waals surface area contributed by atoms with Gasteiger partial charge in [-0.15, -0.1) is 0 Å². The number of piperazine rings is 1. The minimum absolute atomic E-state index is 0.0303. The van der Waals surface area contributed by atoms with Crippen LogP contribution in [0.4, 0.5) is 0 Å². The minimum atomic E-state index is -0.139. The predicted molar refractivity (Wildman–Crippen MR) is 64.6 cm³/mol. The highest BCUT2D eigenvalue weighted by Gasteiger charge is 2.26. The van der Waals surface area contributed by atoms with Crippen molar-refractivity contribution in [1.82, 2.24) is 15.1 Å². The van der Waals surface area contributed by atoms with E-state index in [-0.39, 0.29) is 30.7 Å². The quantitative estimate of drug-likeness (QED) is 0.678. The molecule has 0 aromatic rings. The third kappa shape index (κ3) is 3.07. The molecule has 0 spiro atoms. The normalized spacial score (nSPS) is 21.3. The van der Waals surface area contributed by atoms with Gasteiger partial charge in [0, 0.05) is 52.0 Å². The second-order valence-electron chi connectivity index (χ2n) is 4.67. The van der Waals surface area contributed by atoms with Gasteiger partial charge in [-0.3, -0.25) is 19.3 Å². The van der Waals surface area contributed by atoms with Gasteiger partial charge in [0.15, 0.2) is 0 Å². The van der Waals surface area contributed by atoms with E-state index in [0.717, 1.165) is 13.1 Å². The molecule has 2 rings (SSSR count). The van der Waals surface area contributed by atoms with Crippen molar-refractivity contribution >= 4 is 17.7 Å². The monoisotopic (exact) mass is 253 g/mol. The minimum Gasteiger partial charge on any atom is -0.340 e. The molecule has 18 heavy (non-hydrogen) atoms. The summed E-state index contributed by atoms with van der Waals surface area (Å²) in [5.74, 6) is -0.249. The molecule has 6 heteroatoms. The van der Waals surface area contributed by atoms with Crippen molar-refractivity contribution in [3.63, 3.8) is 0 Å². The summed E-state index contributed by atoms with van der Waals surface area (Å²) in [5.41, 5.74) is 0. The Kier molecular flexibility index (Phi) is 4.30.